The molecule has 1 heterocycles. The van der Waals surface area contributed by atoms with Gasteiger partial charge in [-0.05, 0) is 42.3 Å². The van der Waals surface area contributed by atoms with Crippen molar-refractivity contribution in [3.8, 4) is 5.69 Å². The van der Waals surface area contributed by atoms with E-state index in [9.17, 15) is 0 Å². The van der Waals surface area contributed by atoms with Gasteiger partial charge in [-0.25, -0.2) is 4.68 Å². The summed E-state index contributed by atoms with van der Waals surface area (Å²) in [4.78, 5) is 0. The Kier molecular flexibility index (Phi) is 3.50. The van der Waals surface area contributed by atoms with Crippen LogP contribution in [0.3, 0.4) is 0 Å². The molecule has 2 aromatic carbocycles. The molecule has 0 radical (unpaired) electrons. The van der Waals surface area contributed by atoms with Crippen molar-refractivity contribution in [1.82, 2.24) is 9.78 Å². The minimum atomic E-state index is 0.824. The summed E-state index contributed by atoms with van der Waals surface area (Å²) in [5, 5.41) is 7.68. The van der Waals surface area contributed by atoms with Crippen LogP contribution in [0.15, 0.2) is 67.0 Å². The van der Waals surface area contributed by atoms with Gasteiger partial charge in [0.2, 0.25) is 0 Å². The molecule has 3 aromatic rings. The van der Waals surface area contributed by atoms with E-state index in [1.165, 1.54) is 16.8 Å². The second kappa shape index (κ2) is 5.61. The van der Waals surface area contributed by atoms with Gasteiger partial charge in [0.1, 0.15) is 0 Å². The van der Waals surface area contributed by atoms with Gasteiger partial charge >= 0.3 is 0 Å². The Morgan fingerprint density at radius 2 is 1.80 bits per heavy atom. The number of aryl methyl sites for hydroxylation is 1. The molecule has 0 saturated carbocycles. The number of nitrogens with zero attached hydrogens (tertiary/aromatic N) is 2. The molecule has 1 aromatic heterocycles. The summed E-state index contributed by atoms with van der Waals surface area (Å²) in [7, 11) is 0. The molecular weight excluding hydrogens is 246 g/mol. The van der Waals surface area contributed by atoms with Crippen molar-refractivity contribution in [3.63, 3.8) is 0 Å². The van der Waals surface area contributed by atoms with Crippen molar-refractivity contribution >= 4 is 5.69 Å². The van der Waals surface area contributed by atoms with E-state index in [1.807, 2.05) is 16.9 Å². The van der Waals surface area contributed by atoms with Gasteiger partial charge in [-0.1, -0.05) is 30.3 Å². The van der Waals surface area contributed by atoms with Crippen LogP contribution in [0.2, 0.25) is 0 Å². The lowest BCUT2D eigenvalue weighted by Crippen LogP contribution is -2.01. The molecule has 0 bridgehead atoms. The lowest BCUT2D eigenvalue weighted by atomic mass is 10.1. The minimum Gasteiger partial charge on any atom is -0.381 e. The summed E-state index contributed by atoms with van der Waals surface area (Å²) in [5.41, 5.74) is 4.78. The van der Waals surface area contributed by atoms with Gasteiger partial charge in [-0.15, -0.1) is 0 Å². The highest BCUT2D eigenvalue weighted by molar-refractivity contribution is 5.50. The zero-order chi connectivity index (χ0) is 13.8. The maximum atomic E-state index is 4.22. The first-order valence-corrected chi connectivity index (χ1v) is 6.71. The van der Waals surface area contributed by atoms with Gasteiger partial charge in [-0.2, -0.15) is 5.10 Å². The maximum Gasteiger partial charge on any atom is 0.0645 e. The summed E-state index contributed by atoms with van der Waals surface area (Å²) in [6.07, 6.45) is 3.73. The van der Waals surface area contributed by atoms with Crippen molar-refractivity contribution in [2.75, 3.05) is 5.32 Å². The molecule has 20 heavy (non-hydrogen) atoms. The molecule has 0 unspecified atom stereocenters. The van der Waals surface area contributed by atoms with Crippen molar-refractivity contribution in [2.45, 2.75) is 13.5 Å². The summed E-state index contributed by atoms with van der Waals surface area (Å²) in [6.45, 7) is 2.94. The number of hydrogen-bond donors (Lipinski definition) is 1. The van der Waals surface area contributed by atoms with Gasteiger partial charge in [0.25, 0.3) is 0 Å². The summed E-state index contributed by atoms with van der Waals surface area (Å²) in [5.74, 6) is 0. The van der Waals surface area contributed by atoms with E-state index in [0.717, 1.165) is 12.2 Å². The predicted octanol–water partition coefficient (Wildman–Crippen LogP) is 3.79. The van der Waals surface area contributed by atoms with Crippen LogP contribution in [0.4, 0.5) is 5.69 Å². The van der Waals surface area contributed by atoms with Crippen molar-refractivity contribution in [3.05, 3.63) is 78.1 Å². The van der Waals surface area contributed by atoms with E-state index in [2.05, 4.69) is 65.9 Å². The van der Waals surface area contributed by atoms with Crippen LogP contribution in [0.25, 0.3) is 5.69 Å². The van der Waals surface area contributed by atoms with Crippen LogP contribution in [0, 0.1) is 6.92 Å². The number of nitrogens with one attached hydrogen (secondary N) is 1. The summed E-state index contributed by atoms with van der Waals surface area (Å²) in [6, 6.07) is 18.7. The third-order valence-corrected chi connectivity index (χ3v) is 3.33. The zero-order valence-corrected chi connectivity index (χ0v) is 11.5. The first-order valence-electron chi connectivity index (χ1n) is 6.71. The molecule has 0 spiro atoms. The molecular formula is C17H17N3. The fourth-order valence-corrected chi connectivity index (χ4v) is 2.16. The SMILES string of the molecule is Cc1ccccc1NCc1ccc(-n2cccn2)cc1. The van der Waals surface area contributed by atoms with E-state index in [-0.39, 0.29) is 0 Å². The Morgan fingerprint density at radius 1 is 1.00 bits per heavy atom. The number of para-hydroxylation sites is 1. The molecule has 3 rings (SSSR count). The lowest BCUT2D eigenvalue weighted by Gasteiger charge is -2.10. The normalized spacial score (nSPS) is 10.4. The Hall–Kier alpha value is -2.55. The fourth-order valence-electron chi connectivity index (χ4n) is 2.16. The molecule has 0 saturated heterocycles. The van der Waals surface area contributed by atoms with Crippen LogP contribution >= 0.6 is 0 Å². The van der Waals surface area contributed by atoms with E-state index < -0.39 is 0 Å². The minimum absolute atomic E-state index is 0.824. The monoisotopic (exact) mass is 263 g/mol. The summed E-state index contributed by atoms with van der Waals surface area (Å²) >= 11 is 0. The Bertz CT molecular complexity index is 670. The third-order valence-electron chi connectivity index (χ3n) is 3.33. The molecule has 0 aliphatic carbocycles. The van der Waals surface area contributed by atoms with E-state index in [0.29, 0.717) is 0 Å². The summed E-state index contributed by atoms with van der Waals surface area (Å²) < 4.78 is 1.86. The van der Waals surface area contributed by atoms with E-state index in [1.54, 1.807) is 6.20 Å². The van der Waals surface area contributed by atoms with Crippen LogP contribution in [-0.2, 0) is 6.54 Å². The average molecular weight is 263 g/mol. The van der Waals surface area contributed by atoms with Crippen LogP contribution in [-0.4, -0.2) is 9.78 Å². The van der Waals surface area contributed by atoms with Gasteiger partial charge in [0.05, 0.1) is 5.69 Å². The van der Waals surface area contributed by atoms with Crippen LogP contribution < -0.4 is 5.32 Å². The standard InChI is InChI=1S/C17H17N3/c1-14-5-2-3-6-17(14)18-13-15-7-9-16(10-8-15)20-12-4-11-19-20/h2-12,18H,13H2,1H3. The fraction of sp³-hybridized carbons (Fsp3) is 0.118. The highest BCUT2D eigenvalue weighted by atomic mass is 15.3. The van der Waals surface area contributed by atoms with Crippen LogP contribution in [0.1, 0.15) is 11.1 Å². The molecule has 3 nitrogen and oxygen atoms in total. The van der Waals surface area contributed by atoms with Gasteiger partial charge < -0.3 is 5.32 Å². The molecule has 1 N–H and O–H groups in total. The van der Waals surface area contributed by atoms with Crippen LogP contribution in [0.5, 0.6) is 0 Å². The quantitative estimate of drug-likeness (QED) is 0.776. The van der Waals surface area contributed by atoms with Crippen molar-refractivity contribution in [1.29, 1.82) is 0 Å². The first-order chi connectivity index (χ1) is 9.83. The van der Waals surface area contributed by atoms with Gasteiger partial charge in [0, 0.05) is 24.6 Å². The van der Waals surface area contributed by atoms with Gasteiger partial charge in [-0.3, -0.25) is 0 Å². The Balaban J connectivity index is 1.68. The molecule has 0 aliphatic rings. The predicted molar refractivity (Wildman–Crippen MR) is 82.1 cm³/mol. The van der Waals surface area contributed by atoms with Crippen molar-refractivity contribution < 1.29 is 0 Å². The molecule has 0 aliphatic heterocycles. The third kappa shape index (κ3) is 2.72. The number of anilines is 1. The Morgan fingerprint density at radius 3 is 2.50 bits per heavy atom. The molecule has 0 amide bonds. The number of aromatic nitrogens is 2. The molecule has 100 valence electrons. The second-order valence-electron chi connectivity index (χ2n) is 4.79. The zero-order valence-electron chi connectivity index (χ0n) is 11.5. The number of hydrogen-bond acceptors (Lipinski definition) is 2. The highest BCUT2D eigenvalue weighted by Gasteiger charge is 1.99. The van der Waals surface area contributed by atoms with Crippen molar-refractivity contribution in [2.24, 2.45) is 0 Å². The average Bonchev–Trinajstić information content (AvgIpc) is 3.01. The first kappa shape index (κ1) is 12.5. The largest absolute Gasteiger partial charge is 0.381 e. The van der Waals surface area contributed by atoms with E-state index in [4.69, 9.17) is 0 Å². The highest BCUT2D eigenvalue weighted by Crippen LogP contribution is 2.15. The topological polar surface area (TPSA) is 29.9 Å². The molecule has 0 fully saturated rings. The molecule has 3 heteroatoms. The number of benzene rings is 2. The lowest BCUT2D eigenvalue weighted by molar-refractivity contribution is 0.879. The van der Waals surface area contributed by atoms with Gasteiger partial charge in [0.15, 0.2) is 0 Å². The Labute approximate surface area is 118 Å². The second-order valence-corrected chi connectivity index (χ2v) is 4.79. The maximum absolute atomic E-state index is 4.22. The molecule has 0 atom stereocenters. The number of rotatable bonds is 4. The van der Waals surface area contributed by atoms with E-state index >= 15 is 0 Å². The smallest absolute Gasteiger partial charge is 0.0645 e.